The number of hydrogen-bond donors (Lipinski definition) is 0. The minimum absolute atomic E-state index is 0.302. The van der Waals surface area contributed by atoms with E-state index < -0.39 is 15.6 Å². The first-order valence-corrected chi connectivity index (χ1v) is 2.66. The molecular formula is C3H5N3O5. The molecule has 0 amide bonds. The molecule has 1 atom stereocenters. The number of nitro groups is 2. The van der Waals surface area contributed by atoms with Crippen molar-refractivity contribution >= 4 is 0 Å². The second-order valence-corrected chi connectivity index (χ2v) is 2.01. The molecule has 0 N–H and O–H groups in total. The Morgan fingerprint density at radius 2 is 1.91 bits per heavy atom. The standard InChI is InChI=1S/C3H5N3O5/c1-11-4-2-3(4,5(7)8)6(9)10/h2H2,1H3. The van der Waals surface area contributed by atoms with Crippen molar-refractivity contribution in [2.45, 2.75) is 5.79 Å². The van der Waals surface area contributed by atoms with Gasteiger partial charge in [0.1, 0.15) is 9.85 Å². The van der Waals surface area contributed by atoms with Gasteiger partial charge in [-0.1, -0.05) is 0 Å². The third-order valence-corrected chi connectivity index (χ3v) is 1.46. The normalized spacial score (nSPS) is 26.1. The molecule has 1 saturated heterocycles. The molecule has 0 aliphatic carbocycles. The largest absolute Gasteiger partial charge is 0.560 e. The molecule has 1 unspecified atom stereocenters. The van der Waals surface area contributed by atoms with Gasteiger partial charge < -0.3 is 0 Å². The van der Waals surface area contributed by atoms with Gasteiger partial charge in [0.25, 0.3) is 0 Å². The molecule has 0 bridgehead atoms. The molecule has 62 valence electrons. The minimum atomic E-state index is -2.23. The van der Waals surface area contributed by atoms with Crippen LogP contribution in [-0.4, -0.2) is 34.4 Å². The second kappa shape index (κ2) is 2.10. The lowest BCUT2D eigenvalue weighted by atomic mass is 10.6. The van der Waals surface area contributed by atoms with E-state index in [9.17, 15) is 20.2 Å². The van der Waals surface area contributed by atoms with E-state index in [0.717, 1.165) is 7.11 Å². The molecule has 0 spiro atoms. The Hall–Kier alpha value is -1.28. The van der Waals surface area contributed by atoms with Crippen molar-refractivity contribution in [1.29, 1.82) is 0 Å². The Bertz CT molecular complexity index is 201. The number of nitrogens with zero attached hydrogens (tertiary/aromatic N) is 3. The van der Waals surface area contributed by atoms with Gasteiger partial charge in [-0.3, -0.25) is 25.1 Å². The summed E-state index contributed by atoms with van der Waals surface area (Å²) in [4.78, 5) is 22.7. The average molecular weight is 163 g/mol. The Morgan fingerprint density at radius 3 is 2.00 bits per heavy atom. The first-order valence-electron chi connectivity index (χ1n) is 2.66. The van der Waals surface area contributed by atoms with Gasteiger partial charge in [0.15, 0.2) is 0 Å². The molecule has 1 aliphatic rings. The summed E-state index contributed by atoms with van der Waals surface area (Å²) in [6.45, 7) is -0.302. The first kappa shape index (κ1) is 7.82. The van der Waals surface area contributed by atoms with Crippen LogP contribution in [0.4, 0.5) is 0 Å². The zero-order valence-corrected chi connectivity index (χ0v) is 5.59. The van der Waals surface area contributed by atoms with Crippen LogP contribution >= 0.6 is 0 Å². The van der Waals surface area contributed by atoms with Crippen LogP contribution in [0.1, 0.15) is 0 Å². The summed E-state index contributed by atoms with van der Waals surface area (Å²) in [6, 6.07) is 0. The van der Waals surface area contributed by atoms with Crippen molar-refractivity contribution in [3.8, 4) is 0 Å². The Kier molecular flexibility index (Phi) is 1.50. The summed E-state index contributed by atoms with van der Waals surface area (Å²) in [5.41, 5.74) is 0. The molecule has 1 fully saturated rings. The molecule has 8 nitrogen and oxygen atoms in total. The summed E-state index contributed by atoms with van der Waals surface area (Å²) in [6.07, 6.45) is 0. The summed E-state index contributed by atoms with van der Waals surface area (Å²) < 4.78 is 0. The van der Waals surface area contributed by atoms with Crippen molar-refractivity contribution in [2.75, 3.05) is 13.7 Å². The van der Waals surface area contributed by atoms with Crippen molar-refractivity contribution in [3.05, 3.63) is 20.2 Å². The van der Waals surface area contributed by atoms with Crippen molar-refractivity contribution in [3.63, 3.8) is 0 Å². The molecule has 0 radical (unpaired) electrons. The van der Waals surface area contributed by atoms with Crippen LogP contribution < -0.4 is 0 Å². The fourth-order valence-corrected chi connectivity index (χ4v) is 0.732. The van der Waals surface area contributed by atoms with Crippen molar-refractivity contribution in [1.82, 2.24) is 5.06 Å². The maximum atomic E-state index is 10.1. The zero-order chi connectivity index (χ0) is 8.65. The van der Waals surface area contributed by atoms with Crippen LogP contribution in [0.5, 0.6) is 0 Å². The van der Waals surface area contributed by atoms with Gasteiger partial charge in [-0.05, 0) is 5.06 Å². The highest BCUT2D eigenvalue weighted by Crippen LogP contribution is 2.32. The monoisotopic (exact) mass is 163 g/mol. The van der Waals surface area contributed by atoms with Gasteiger partial charge in [0, 0.05) is 0 Å². The Labute approximate surface area is 60.6 Å². The maximum Gasteiger partial charge on any atom is 0.560 e. The average Bonchev–Trinajstić information content (AvgIpc) is 2.61. The highest BCUT2D eigenvalue weighted by atomic mass is 16.8. The summed E-state index contributed by atoms with van der Waals surface area (Å²) in [5.74, 6) is -2.23. The predicted molar refractivity (Wildman–Crippen MR) is 30.4 cm³/mol. The Balaban J connectivity index is 2.79. The van der Waals surface area contributed by atoms with Gasteiger partial charge in [0.2, 0.25) is 6.54 Å². The molecule has 1 heterocycles. The van der Waals surface area contributed by atoms with E-state index in [1.165, 1.54) is 0 Å². The van der Waals surface area contributed by atoms with Crippen LogP contribution in [0.3, 0.4) is 0 Å². The number of rotatable bonds is 3. The smallest absolute Gasteiger partial charge is 0.290 e. The molecule has 1 aliphatic heterocycles. The van der Waals surface area contributed by atoms with Gasteiger partial charge >= 0.3 is 5.79 Å². The van der Waals surface area contributed by atoms with E-state index in [0.29, 0.717) is 5.06 Å². The van der Waals surface area contributed by atoms with Gasteiger partial charge in [-0.15, -0.1) is 0 Å². The molecule has 0 saturated carbocycles. The highest BCUT2D eigenvalue weighted by Gasteiger charge is 2.79. The van der Waals surface area contributed by atoms with E-state index in [2.05, 4.69) is 4.84 Å². The van der Waals surface area contributed by atoms with Gasteiger partial charge in [-0.25, -0.2) is 0 Å². The van der Waals surface area contributed by atoms with Crippen LogP contribution in [0.15, 0.2) is 0 Å². The zero-order valence-electron chi connectivity index (χ0n) is 5.59. The van der Waals surface area contributed by atoms with Crippen molar-refractivity contribution < 1.29 is 14.7 Å². The topological polar surface area (TPSA) is 98.5 Å². The molecule has 0 aromatic rings. The predicted octanol–water partition coefficient (Wildman–Crippen LogP) is -0.929. The Morgan fingerprint density at radius 1 is 1.45 bits per heavy atom. The van der Waals surface area contributed by atoms with Crippen LogP contribution in [0.2, 0.25) is 0 Å². The fraction of sp³-hybridized carbons (Fsp3) is 1.00. The molecular weight excluding hydrogens is 158 g/mol. The van der Waals surface area contributed by atoms with E-state index in [4.69, 9.17) is 0 Å². The summed E-state index contributed by atoms with van der Waals surface area (Å²) >= 11 is 0. The fourth-order valence-electron chi connectivity index (χ4n) is 0.732. The highest BCUT2D eigenvalue weighted by molar-refractivity contribution is 4.81. The lowest BCUT2D eigenvalue weighted by Gasteiger charge is -1.98. The van der Waals surface area contributed by atoms with E-state index in [-0.39, 0.29) is 6.54 Å². The van der Waals surface area contributed by atoms with Crippen molar-refractivity contribution in [2.24, 2.45) is 0 Å². The summed E-state index contributed by atoms with van der Waals surface area (Å²) in [7, 11) is 1.15. The third kappa shape index (κ3) is 0.835. The van der Waals surface area contributed by atoms with E-state index in [1.54, 1.807) is 0 Å². The third-order valence-electron chi connectivity index (χ3n) is 1.46. The van der Waals surface area contributed by atoms with Crippen LogP contribution in [-0.2, 0) is 4.84 Å². The molecule has 0 aromatic heterocycles. The lowest BCUT2D eigenvalue weighted by molar-refractivity contribution is -0.782. The SMILES string of the molecule is CON1CC1([N+](=O)[O-])[N+](=O)[O-]. The number of hydroxylamine groups is 2. The first-order chi connectivity index (χ1) is 5.05. The minimum Gasteiger partial charge on any atom is -0.290 e. The quantitative estimate of drug-likeness (QED) is 0.230. The second-order valence-electron chi connectivity index (χ2n) is 2.01. The molecule has 11 heavy (non-hydrogen) atoms. The molecule has 8 heteroatoms. The van der Waals surface area contributed by atoms with Gasteiger partial charge in [-0.2, -0.15) is 0 Å². The van der Waals surface area contributed by atoms with Crippen LogP contribution in [0.25, 0.3) is 0 Å². The van der Waals surface area contributed by atoms with Gasteiger partial charge in [0.05, 0.1) is 7.11 Å². The van der Waals surface area contributed by atoms with Crippen LogP contribution in [0, 0.1) is 20.2 Å². The number of hydrogen-bond acceptors (Lipinski definition) is 6. The maximum absolute atomic E-state index is 10.1. The summed E-state index contributed by atoms with van der Waals surface area (Å²) in [5, 5.41) is 21.0. The lowest BCUT2D eigenvalue weighted by Crippen LogP contribution is -2.37. The molecule has 1 rings (SSSR count). The van der Waals surface area contributed by atoms with E-state index >= 15 is 0 Å². The molecule has 0 aromatic carbocycles. The van der Waals surface area contributed by atoms with E-state index in [1.807, 2.05) is 0 Å².